The fourth-order valence-electron chi connectivity index (χ4n) is 1.51. The topological polar surface area (TPSA) is 68.1 Å². The molecule has 1 saturated heterocycles. The first kappa shape index (κ1) is 8.50. The molecule has 0 aliphatic carbocycles. The molecular formula is C8H12N2O3. The number of hydrogen-bond acceptors (Lipinski definition) is 4. The highest BCUT2D eigenvalue weighted by Gasteiger charge is 2.16. The van der Waals surface area contributed by atoms with Crippen molar-refractivity contribution in [3.63, 3.8) is 0 Å². The van der Waals surface area contributed by atoms with Crippen LogP contribution in [0.3, 0.4) is 0 Å². The molecule has 1 atom stereocenters. The Kier molecular flexibility index (Phi) is 2.44. The normalized spacial score (nSPS) is 22.3. The first-order valence-corrected chi connectivity index (χ1v) is 4.47. The van der Waals surface area contributed by atoms with E-state index in [9.17, 15) is 4.79 Å². The third kappa shape index (κ3) is 2.18. The van der Waals surface area contributed by atoms with E-state index in [1.807, 2.05) is 0 Å². The summed E-state index contributed by atoms with van der Waals surface area (Å²) in [7, 11) is 0. The lowest BCUT2D eigenvalue weighted by Gasteiger charge is -2.02. The second kappa shape index (κ2) is 3.74. The Labute approximate surface area is 75.1 Å². The summed E-state index contributed by atoms with van der Waals surface area (Å²) in [6, 6.07) is 0. The van der Waals surface area contributed by atoms with Gasteiger partial charge in [0.05, 0.1) is 0 Å². The van der Waals surface area contributed by atoms with Gasteiger partial charge in [0.15, 0.2) is 0 Å². The molecule has 1 unspecified atom stereocenters. The molecule has 5 heteroatoms. The molecule has 13 heavy (non-hydrogen) atoms. The van der Waals surface area contributed by atoms with Crippen LogP contribution < -0.4 is 5.76 Å². The SMILES string of the molecule is O=c1[nH]nc(CCC2CCOC2)o1. The van der Waals surface area contributed by atoms with Gasteiger partial charge in [-0.3, -0.25) is 0 Å². The smallest absolute Gasteiger partial charge is 0.393 e. The van der Waals surface area contributed by atoms with Crippen LogP contribution in [0.25, 0.3) is 0 Å². The molecule has 1 N–H and O–H groups in total. The molecular weight excluding hydrogens is 172 g/mol. The summed E-state index contributed by atoms with van der Waals surface area (Å²) >= 11 is 0. The van der Waals surface area contributed by atoms with E-state index in [-0.39, 0.29) is 0 Å². The molecule has 5 nitrogen and oxygen atoms in total. The monoisotopic (exact) mass is 184 g/mol. The van der Waals surface area contributed by atoms with E-state index in [2.05, 4.69) is 10.2 Å². The van der Waals surface area contributed by atoms with E-state index in [1.165, 1.54) is 0 Å². The molecule has 72 valence electrons. The standard InChI is InChI=1S/C8H12N2O3/c11-8-10-9-7(13-8)2-1-6-3-4-12-5-6/h6H,1-5H2,(H,10,11). The minimum absolute atomic E-state index is 0.474. The third-order valence-corrected chi connectivity index (χ3v) is 2.27. The Morgan fingerprint density at radius 3 is 3.15 bits per heavy atom. The second-order valence-corrected chi connectivity index (χ2v) is 3.28. The van der Waals surface area contributed by atoms with Crippen LogP contribution in [0.15, 0.2) is 9.21 Å². The van der Waals surface area contributed by atoms with Gasteiger partial charge in [-0.15, -0.1) is 5.10 Å². The van der Waals surface area contributed by atoms with Gasteiger partial charge in [0, 0.05) is 19.6 Å². The van der Waals surface area contributed by atoms with E-state index in [0.717, 1.165) is 26.1 Å². The summed E-state index contributed by atoms with van der Waals surface area (Å²) in [4.78, 5) is 10.6. The van der Waals surface area contributed by atoms with Crippen LogP contribution in [0, 0.1) is 5.92 Å². The minimum Gasteiger partial charge on any atom is -0.393 e. The van der Waals surface area contributed by atoms with Crippen molar-refractivity contribution in [2.45, 2.75) is 19.3 Å². The van der Waals surface area contributed by atoms with Gasteiger partial charge in [0.25, 0.3) is 0 Å². The zero-order valence-corrected chi connectivity index (χ0v) is 7.28. The van der Waals surface area contributed by atoms with E-state index >= 15 is 0 Å². The Hall–Kier alpha value is -1.10. The molecule has 1 aliphatic heterocycles. The number of nitrogens with one attached hydrogen (secondary N) is 1. The van der Waals surface area contributed by atoms with Crippen LogP contribution in [0.2, 0.25) is 0 Å². The van der Waals surface area contributed by atoms with Crippen molar-refractivity contribution in [1.29, 1.82) is 0 Å². The molecule has 0 spiro atoms. The summed E-state index contributed by atoms with van der Waals surface area (Å²) in [5, 5.41) is 5.97. The lowest BCUT2D eigenvalue weighted by molar-refractivity contribution is 0.184. The van der Waals surface area contributed by atoms with Crippen LogP contribution in [-0.4, -0.2) is 23.4 Å². The molecule has 1 aromatic rings. The lowest BCUT2D eigenvalue weighted by Crippen LogP contribution is -2.01. The average molecular weight is 184 g/mol. The van der Waals surface area contributed by atoms with E-state index in [4.69, 9.17) is 9.15 Å². The van der Waals surface area contributed by atoms with Crippen molar-refractivity contribution in [3.05, 3.63) is 16.4 Å². The number of nitrogens with zero attached hydrogens (tertiary/aromatic N) is 1. The number of H-pyrrole nitrogens is 1. The van der Waals surface area contributed by atoms with Crippen LogP contribution in [0.4, 0.5) is 0 Å². The van der Waals surface area contributed by atoms with Crippen molar-refractivity contribution in [2.75, 3.05) is 13.2 Å². The predicted octanol–water partition coefficient (Wildman–Crippen LogP) is 0.332. The highest BCUT2D eigenvalue weighted by Crippen LogP contribution is 2.17. The third-order valence-electron chi connectivity index (χ3n) is 2.27. The number of ether oxygens (including phenoxy) is 1. The largest absolute Gasteiger partial charge is 0.434 e. The molecule has 0 radical (unpaired) electrons. The van der Waals surface area contributed by atoms with Crippen LogP contribution in [-0.2, 0) is 11.2 Å². The van der Waals surface area contributed by atoms with Gasteiger partial charge < -0.3 is 9.15 Å². The summed E-state index contributed by atoms with van der Waals surface area (Å²) < 4.78 is 10.0. The molecule has 2 heterocycles. The minimum atomic E-state index is -0.474. The quantitative estimate of drug-likeness (QED) is 0.735. The second-order valence-electron chi connectivity index (χ2n) is 3.28. The molecule has 1 fully saturated rings. The van der Waals surface area contributed by atoms with Crippen molar-refractivity contribution in [3.8, 4) is 0 Å². The fourth-order valence-corrected chi connectivity index (χ4v) is 1.51. The fraction of sp³-hybridized carbons (Fsp3) is 0.750. The highest BCUT2D eigenvalue weighted by atomic mass is 16.5. The molecule has 0 amide bonds. The van der Waals surface area contributed by atoms with Gasteiger partial charge in [-0.1, -0.05) is 0 Å². The number of aromatic amines is 1. The summed E-state index contributed by atoms with van der Waals surface area (Å²) in [6.45, 7) is 1.68. The maximum Gasteiger partial charge on any atom is 0.434 e. The maximum absolute atomic E-state index is 10.6. The summed E-state index contributed by atoms with van der Waals surface area (Å²) in [6.07, 6.45) is 2.80. The summed E-state index contributed by atoms with van der Waals surface area (Å²) in [5.74, 6) is 0.622. The van der Waals surface area contributed by atoms with Gasteiger partial charge in [-0.05, 0) is 18.8 Å². The summed E-state index contributed by atoms with van der Waals surface area (Å²) in [5.41, 5.74) is 0. The molecule has 1 aromatic heterocycles. The first-order valence-electron chi connectivity index (χ1n) is 4.47. The molecule has 2 rings (SSSR count). The Bertz CT molecular complexity index is 311. The van der Waals surface area contributed by atoms with E-state index < -0.39 is 5.76 Å². The first-order chi connectivity index (χ1) is 6.34. The molecule has 0 saturated carbocycles. The molecule has 0 bridgehead atoms. The van der Waals surface area contributed by atoms with Gasteiger partial charge in [-0.25, -0.2) is 9.89 Å². The van der Waals surface area contributed by atoms with Gasteiger partial charge in [0.1, 0.15) is 0 Å². The van der Waals surface area contributed by atoms with Crippen molar-refractivity contribution in [1.82, 2.24) is 10.2 Å². The van der Waals surface area contributed by atoms with Crippen LogP contribution >= 0.6 is 0 Å². The number of rotatable bonds is 3. The van der Waals surface area contributed by atoms with E-state index in [0.29, 0.717) is 18.2 Å². The molecule has 0 aromatic carbocycles. The predicted molar refractivity (Wildman–Crippen MR) is 44.4 cm³/mol. The van der Waals surface area contributed by atoms with Crippen LogP contribution in [0.1, 0.15) is 18.7 Å². The Balaban J connectivity index is 1.82. The lowest BCUT2D eigenvalue weighted by atomic mass is 10.0. The number of aromatic nitrogens is 2. The Morgan fingerprint density at radius 2 is 2.54 bits per heavy atom. The highest BCUT2D eigenvalue weighted by molar-refractivity contribution is 4.76. The zero-order chi connectivity index (χ0) is 9.10. The zero-order valence-electron chi connectivity index (χ0n) is 7.28. The van der Waals surface area contributed by atoms with Crippen LogP contribution in [0.5, 0.6) is 0 Å². The van der Waals surface area contributed by atoms with Gasteiger partial charge >= 0.3 is 5.76 Å². The van der Waals surface area contributed by atoms with Crippen molar-refractivity contribution >= 4 is 0 Å². The number of hydrogen-bond donors (Lipinski definition) is 1. The molecule has 1 aliphatic rings. The maximum atomic E-state index is 10.6. The van der Waals surface area contributed by atoms with Crippen molar-refractivity contribution < 1.29 is 9.15 Å². The van der Waals surface area contributed by atoms with E-state index in [1.54, 1.807) is 0 Å². The number of aryl methyl sites for hydroxylation is 1. The van der Waals surface area contributed by atoms with Gasteiger partial charge in [-0.2, -0.15) is 0 Å². The van der Waals surface area contributed by atoms with Crippen molar-refractivity contribution in [2.24, 2.45) is 5.92 Å². The Morgan fingerprint density at radius 1 is 1.62 bits per heavy atom. The van der Waals surface area contributed by atoms with Gasteiger partial charge in [0.2, 0.25) is 5.89 Å². The average Bonchev–Trinajstić information content (AvgIpc) is 2.71.